The second kappa shape index (κ2) is 15.7. The maximum Gasteiger partial charge on any atom is 0.0530 e. The van der Waals surface area contributed by atoms with Crippen LogP contribution in [0, 0.1) is 12.1 Å². The van der Waals surface area contributed by atoms with E-state index in [1.165, 1.54) is 70.9 Å². The lowest BCUT2D eigenvalue weighted by Gasteiger charge is -2.26. The van der Waals surface area contributed by atoms with Crippen LogP contribution in [0.25, 0.3) is 65.0 Å². The fourth-order valence-corrected chi connectivity index (χ4v) is 8.87. The van der Waals surface area contributed by atoms with Crippen LogP contribution in [0.1, 0.15) is 54.9 Å². The highest BCUT2D eigenvalue weighted by atomic mass is 15.2. The van der Waals surface area contributed by atoms with E-state index in [1.807, 2.05) is 19.9 Å². The summed E-state index contributed by atoms with van der Waals surface area (Å²) in [5.74, 6) is 6.59. The van der Waals surface area contributed by atoms with E-state index in [0.717, 1.165) is 40.4 Å². The molecule has 1 aliphatic rings. The molecule has 0 bridgehead atoms. The molecule has 57 heavy (non-hydrogen) atoms. The maximum absolute atomic E-state index is 6.69. The Bertz CT molecular complexity index is 3020. The van der Waals surface area contributed by atoms with Crippen LogP contribution in [-0.4, -0.2) is 0 Å². The van der Waals surface area contributed by atoms with Crippen molar-refractivity contribution in [3.63, 3.8) is 0 Å². The van der Waals surface area contributed by atoms with Crippen LogP contribution < -0.4 is 11.3 Å². The molecule has 1 aliphatic carbocycles. The largest absolute Gasteiger partial charge is 0.324 e. The van der Waals surface area contributed by atoms with E-state index >= 15 is 0 Å². The first-order valence-electron chi connectivity index (χ1n) is 20.1. The predicted molar refractivity (Wildman–Crippen MR) is 244 cm³/mol. The Hall–Kier alpha value is -6.92. The molecule has 0 heterocycles. The van der Waals surface area contributed by atoms with Gasteiger partial charge in [-0.1, -0.05) is 184 Å². The molecular weight excluding hydrogens is 689 g/mol. The van der Waals surface area contributed by atoms with Crippen LogP contribution in [-0.2, 0) is 0 Å². The highest BCUT2D eigenvalue weighted by Gasteiger charge is 2.24. The van der Waals surface area contributed by atoms with Gasteiger partial charge in [-0.3, -0.25) is 5.84 Å². The average molecular weight is 733 g/mol. The second-order valence-electron chi connectivity index (χ2n) is 14.5. The van der Waals surface area contributed by atoms with Crippen molar-refractivity contribution in [2.24, 2.45) is 5.84 Å². The quantitative estimate of drug-likeness (QED) is 0.0973. The molecule has 0 spiro atoms. The number of fused-ring (bicyclic) bond motifs is 7. The van der Waals surface area contributed by atoms with Crippen LogP contribution >= 0.6 is 0 Å². The third-order valence-corrected chi connectivity index (χ3v) is 11.5. The Morgan fingerprint density at radius 3 is 1.86 bits per heavy atom. The molecule has 1 atom stereocenters. The minimum Gasteiger partial charge on any atom is -0.324 e. The monoisotopic (exact) mass is 732 g/mol. The second-order valence-corrected chi connectivity index (χ2v) is 14.5. The highest BCUT2D eigenvalue weighted by Crippen LogP contribution is 2.44. The zero-order valence-corrected chi connectivity index (χ0v) is 32.4. The molecule has 9 aromatic carbocycles. The van der Waals surface area contributed by atoms with Gasteiger partial charge in [0.15, 0.2) is 0 Å². The van der Waals surface area contributed by atoms with E-state index in [-0.39, 0.29) is 5.92 Å². The summed E-state index contributed by atoms with van der Waals surface area (Å²) in [6, 6.07) is 67.8. The van der Waals surface area contributed by atoms with Crippen molar-refractivity contribution >= 4 is 65.0 Å². The van der Waals surface area contributed by atoms with E-state index in [4.69, 9.17) is 5.84 Å². The number of allylic oxidation sites excluding steroid dienone is 4. The van der Waals surface area contributed by atoms with Crippen molar-refractivity contribution in [3.8, 4) is 0 Å². The third kappa shape index (κ3) is 6.53. The molecule has 1 unspecified atom stereocenters. The lowest BCUT2D eigenvalue weighted by Crippen LogP contribution is -2.24. The molecule has 0 radical (unpaired) electrons. The number of nitrogens with one attached hydrogen (secondary N) is 1. The Morgan fingerprint density at radius 1 is 0.561 bits per heavy atom. The highest BCUT2D eigenvalue weighted by molar-refractivity contribution is 6.13. The molecule has 0 fully saturated rings. The first-order valence-corrected chi connectivity index (χ1v) is 20.1. The Kier molecular flexibility index (Phi) is 9.83. The van der Waals surface area contributed by atoms with Crippen molar-refractivity contribution in [2.75, 3.05) is 0 Å². The van der Waals surface area contributed by atoms with Gasteiger partial charge in [0.25, 0.3) is 0 Å². The smallest absolute Gasteiger partial charge is 0.0530 e. The SMILES string of the molecule is CC.NN/C(=C\C(c1ccccc1)c1cccc2ccc#cc12)C1=C(c2cccc3c2ccc2ccccc23)CCC(c2cccc3c2ccc2ccccc23)=C1. The van der Waals surface area contributed by atoms with Gasteiger partial charge in [0.2, 0.25) is 0 Å². The molecule has 0 saturated carbocycles. The van der Waals surface area contributed by atoms with Crippen molar-refractivity contribution in [3.05, 3.63) is 228 Å². The topological polar surface area (TPSA) is 38.0 Å². The van der Waals surface area contributed by atoms with E-state index < -0.39 is 0 Å². The summed E-state index contributed by atoms with van der Waals surface area (Å²) in [5.41, 5.74) is 12.7. The van der Waals surface area contributed by atoms with Gasteiger partial charge >= 0.3 is 0 Å². The summed E-state index contributed by atoms with van der Waals surface area (Å²) in [6.07, 6.45) is 6.49. The van der Waals surface area contributed by atoms with E-state index in [9.17, 15) is 0 Å². The number of rotatable bonds is 7. The molecule has 3 N–H and O–H groups in total. The van der Waals surface area contributed by atoms with Gasteiger partial charge in [-0.2, -0.15) is 0 Å². The van der Waals surface area contributed by atoms with Crippen molar-refractivity contribution in [2.45, 2.75) is 32.6 Å². The average Bonchev–Trinajstić information content (AvgIpc) is 3.29. The lowest BCUT2D eigenvalue weighted by molar-refractivity contribution is 0.872. The lowest BCUT2D eigenvalue weighted by atomic mass is 9.80. The summed E-state index contributed by atoms with van der Waals surface area (Å²) in [5, 5.41) is 12.3. The van der Waals surface area contributed by atoms with Crippen LogP contribution in [0.3, 0.4) is 0 Å². The normalized spacial score (nSPS) is 13.7. The van der Waals surface area contributed by atoms with E-state index in [1.54, 1.807) is 0 Å². The zero-order chi connectivity index (χ0) is 38.7. The van der Waals surface area contributed by atoms with E-state index in [2.05, 4.69) is 194 Å². The van der Waals surface area contributed by atoms with Crippen molar-refractivity contribution in [1.82, 2.24) is 5.43 Å². The van der Waals surface area contributed by atoms with Gasteiger partial charge in [-0.15, -0.1) is 0 Å². The molecule has 0 aromatic heterocycles. The number of benzene rings is 8. The number of nitrogens with two attached hydrogens (primary N) is 1. The summed E-state index contributed by atoms with van der Waals surface area (Å²) in [6.45, 7) is 4.00. The Labute approximate surface area is 335 Å². The summed E-state index contributed by atoms with van der Waals surface area (Å²) >= 11 is 0. The maximum atomic E-state index is 6.69. The van der Waals surface area contributed by atoms with Gasteiger partial charge in [0.1, 0.15) is 0 Å². The zero-order valence-electron chi connectivity index (χ0n) is 32.4. The summed E-state index contributed by atoms with van der Waals surface area (Å²) < 4.78 is 0. The number of hydrazine groups is 1. The molecule has 0 amide bonds. The number of hydrogen-bond donors (Lipinski definition) is 2. The molecule has 0 aliphatic heterocycles. The minimum absolute atomic E-state index is 0.101. The molecule has 0 saturated heterocycles. The van der Waals surface area contributed by atoms with Crippen LogP contribution in [0.2, 0.25) is 0 Å². The summed E-state index contributed by atoms with van der Waals surface area (Å²) in [4.78, 5) is 0. The standard InChI is InChI=1S/C53H38N2.C2H6/c54-55-53(34-51(36-13-2-1-3-14-36)46-23-10-18-35-15-4-7-19-40(35)46)52-33-39(43-22-11-24-44-41-20-8-5-16-37(41)27-30-48(43)44)29-32-50(52)47-26-12-25-45-42-21-9-6-17-38(42)28-31-49(45)47;1-2/h1-6,8-18,20-28,30-31,33-34,51,55H,29,32,54H2;1-2H3/b53-34-;. The minimum atomic E-state index is -0.101. The molecule has 10 rings (SSSR count). The fourth-order valence-electron chi connectivity index (χ4n) is 8.87. The first-order chi connectivity index (χ1) is 28.2. The predicted octanol–water partition coefficient (Wildman–Crippen LogP) is 13.9. The molecule has 9 aromatic rings. The van der Waals surface area contributed by atoms with Crippen LogP contribution in [0.4, 0.5) is 0 Å². The first kappa shape index (κ1) is 35.8. The van der Waals surface area contributed by atoms with Gasteiger partial charge in [0.05, 0.1) is 5.70 Å². The van der Waals surface area contributed by atoms with Crippen LogP contribution in [0.5, 0.6) is 0 Å². The van der Waals surface area contributed by atoms with Gasteiger partial charge in [-0.05, 0) is 119 Å². The third-order valence-electron chi connectivity index (χ3n) is 11.5. The number of hydrogen-bond acceptors (Lipinski definition) is 2. The van der Waals surface area contributed by atoms with Gasteiger partial charge in [0, 0.05) is 16.9 Å². The Balaban J connectivity index is 0.00000208. The molecule has 274 valence electrons. The fraction of sp³-hybridized carbons (Fsp3) is 0.0909. The summed E-state index contributed by atoms with van der Waals surface area (Å²) in [7, 11) is 0. The Morgan fingerprint density at radius 2 is 1.16 bits per heavy atom. The molecular formula is C55H44N2. The van der Waals surface area contributed by atoms with Crippen molar-refractivity contribution in [1.29, 1.82) is 0 Å². The van der Waals surface area contributed by atoms with E-state index in [0.29, 0.717) is 0 Å². The van der Waals surface area contributed by atoms with Crippen molar-refractivity contribution < 1.29 is 0 Å². The van der Waals surface area contributed by atoms with Gasteiger partial charge in [-0.25, -0.2) is 0 Å². The molecule has 2 heteroatoms. The van der Waals surface area contributed by atoms with Gasteiger partial charge < -0.3 is 5.43 Å². The molecule has 2 nitrogen and oxygen atoms in total. The van der Waals surface area contributed by atoms with Crippen LogP contribution in [0.15, 0.2) is 193 Å².